The molecular weight excluding hydrogens is 231 g/mol. The van der Waals surface area contributed by atoms with E-state index in [1.54, 1.807) is 17.0 Å². The average molecular weight is 250 g/mol. The van der Waals surface area contributed by atoms with Crippen LogP contribution in [0.4, 0.5) is 10.1 Å². The summed E-state index contributed by atoms with van der Waals surface area (Å²) in [5.74, 6) is -0.319. The van der Waals surface area contributed by atoms with E-state index < -0.39 is 5.54 Å². The monoisotopic (exact) mass is 250 g/mol. The van der Waals surface area contributed by atoms with Gasteiger partial charge in [-0.15, -0.1) is 0 Å². The van der Waals surface area contributed by atoms with Crippen LogP contribution in [0.25, 0.3) is 0 Å². The van der Waals surface area contributed by atoms with Crippen LogP contribution in [-0.2, 0) is 4.79 Å². The number of anilines is 1. The van der Waals surface area contributed by atoms with Crippen molar-refractivity contribution in [1.82, 2.24) is 5.32 Å². The Morgan fingerprint density at radius 1 is 1.33 bits per heavy atom. The van der Waals surface area contributed by atoms with Crippen LogP contribution in [0.15, 0.2) is 24.3 Å². The SMILES string of the molecule is CC1(C)NCCCCN(c2cccc(F)c2)C1=O. The molecule has 3 nitrogen and oxygen atoms in total. The molecule has 0 aromatic heterocycles. The lowest BCUT2D eigenvalue weighted by Crippen LogP contribution is -2.56. The summed E-state index contributed by atoms with van der Waals surface area (Å²) in [6, 6.07) is 6.22. The predicted molar refractivity (Wildman–Crippen MR) is 70.1 cm³/mol. The average Bonchev–Trinajstić information content (AvgIpc) is 2.31. The maximum absolute atomic E-state index is 13.3. The fourth-order valence-corrected chi connectivity index (χ4v) is 2.20. The second-order valence-electron chi connectivity index (χ2n) is 5.20. The number of carbonyl (C=O) groups excluding carboxylic acids is 1. The zero-order valence-corrected chi connectivity index (χ0v) is 10.9. The lowest BCUT2D eigenvalue weighted by atomic mass is 10.0. The van der Waals surface area contributed by atoms with Gasteiger partial charge in [0.05, 0.1) is 5.54 Å². The van der Waals surface area contributed by atoms with Crippen molar-refractivity contribution in [2.24, 2.45) is 0 Å². The second kappa shape index (κ2) is 5.06. The first-order chi connectivity index (χ1) is 8.50. The molecule has 1 fully saturated rings. The fraction of sp³-hybridized carbons (Fsp3) is 0.500. The number of benzene rings is 1. The van der Waals surface area contributed by atoms with Gasteiger partial charge < -0.3 is 10.2 Å². The van der Waals surface area contributed by atoms with Crippen molar-refractivity contribution >= 4 is 11.6 Å². The van der Waals surface area contributed by atoms with Crippen molar-refractivity contribution in [1.29, 1.82) is 0 Å². The highest BCUT2D eigenvalue weighted by Gasteiger charge is 2.33. The van der Waals surface area contributed by atoms with Gasteiger partial charge in [-0.3, -0.25) is 4.79 Å². The maximum atomic E-state index is 13.3. The van der Waals surface area contributed by atoms with Gasteiger partial charge in [-0.25, -0.2) is 4.39 Å². The fourth-order valence-electron chi connectivity index (χ4n) is 2.20. The number of hydrogen-bond acceptors (Lipinski definition) is 2. The maximum Gasteiger partial charge on any atom is 0.246 e. The van der Waals surface area contributed by atoms with E-state index >= 15 is 0 Å². The normalized spacial score (nSPS) is 20.4. The van der Waals surface area contributed by atoms with E-state index in [4.69, 9.17) is 0 Å². The van der Waals surface area contributed by atoms with Gasteiger partial charge in [-0.2, -0.15) is 0 Å². The molecule has 1 aromatic carbocycles. The van der Waals surface area contributed by atoms with Crippen molar-refractivity contribution in [3.05, 3.63) is 30.1 Å². The molecular formula is C14H19FN2O. The third-order valence-electron chi connectivity index (χ3n) is 3.28. The Labute approximate surface area is 107 Å². The number of rotatable bonds is 1. The predicted octanol–water partition coefficient (Wildman–Crippen LogP) is 2.32. The summed E-state index contributed by atoms with van der Waals surface area (Å²) >= 11 is 0. The molecule has 0 bridgehead atoms. The molecule has 1 heterocycles. The zero-order valence-electron chi connectivity index (χ0n) is 10.9. The molecule has 0 unspecified atom stereocenters. The first-order valence-electron chi connectivity index (χ1n) is 6.33. The molecule has 1 saturated heterocycles. The molecule has 0 saturated carbocycles. The molecule has 2 rings (SSSR count). The largest absolute Gasteiger partial charge is 0.311 e. The summed E-state index contributed by atoms with van der Waals surface area (Å²) < 4.78 is 13.3. The smallest absolute Gasteiger partial charge is 0.246 e. The Kier molecular flexibility index (Phi) is 3.66. The topological polar surface area (TPSA) is 32.3 Å². The van der Waals surface area contributed by atoms with Gasteiger partial charge in [-0.05, 0) is 51.4 Å². The van der Waals surface area contributed by atoms with E-state index in [-0.39, 0.29) is 11.7 Å². The van der Waals surface area contributed by atoms with Crippen molar-refractivity contribution < 1.29 is 9.18 Å². The van der Waals surface area contributed by atoms with Crippen LogP contribution in [0.1, 0.15) is 26.7 Å². The van der Waals surface area contributed by atoms with Crippen molar-refractivity contribution in [2.45, 2.75) is 32.2 Å². The van der Waals surface area contributed by atoms with Gasteiger partial charge in [0.1, 0.15) is 5.82 Å². The highest BCUT2D eigenvalue weighted by atomic mass is 19.1. The molecule has 0 radical (unpaired) electrons. The minimum Gasteiger partial charge on any atom is -0.311 e. The highest BCUT2D eigenvalue weighted by molar-refractivity contribution is 5.99. The molecule has 4 heteroatoms. The minimum absolute atomic E-state index is 0.00667. The zero-order chi connectivity index (χ0) is 13.2. The standard InChI is InChI=1S/C14H19FN2O/c1-14(2)13(18)17(9-4-3-8-16-14)12-7-5-6-11(15)10-12/h5-7,10,16H,3-4,8-9H2,1-2H3. The van der Waals surface area contributed by atoms with Crippen molar-refractivity contribution in [3.63, 3.8) is 0 Å². The summed E-state index contributed by atoms with van der Waals surface area (Å²) in [5.41, 5.74) is 0.0315. The Balaban J connectivity index is 2.31. The number of hydrogen-bond donors (Lipinski definition) is 1. The van der Waals surface area contributed by atoms with Gasteiger partial charge in [0.15, 0.2) is 0 Å². The summed E-state index contributed by atoms with van der Waals surface area (Å²) in [6.07, 6.45) is 1.94. The van der Waals surface area contributed by atoms with Crippen molar-refractivity contribution in [2.75, 3.05) is 18.0 Å². The van der Waals surface area contributed by atoms with Crippen LogP contribution in [-0.4, -0.2) is 24.5 Å². The number of carbonyl (C=O) groups is 1. The number of nitrogens with zero attached hydrogens (tertiary/aromatic N) is 1. The minimum atomic E-state index is -0.604. The lowest BCUT2D eigenvalue weighted by Gasteiger charge is -2.35. The van der Waals surface area contributed by atoms with Crippen LogP contribution in [0.2, 0.25) is 0 Å². The van der Waals surface area contributed by atoms with Gasteiger partial charge in [0.25, 0.3) is 0 Å². The number of nitrogens with one attached hydrogen (secondary N) is 1. The molecule has 1 aliphatic heterocycles. The molecule has 0 spiro atoms. The van der Waals surface area contributed by atoms with Crippen LogP contribution in [0, 0.1) is 5.82 Å². The second-order valence-corrected chi connectivity index (χ2v) is 5.20. The molecule has 0 aliphatic carbocycles. The van der Waals surface area contributed by atoms with E-state index in [1.807, 2.05) is 13.8 Å². The van der Waals surface area contributed by atoms with Crippen molar-refractivity contribution in [3.8, 4) is 0 Å². The van der Waals surface area contributed by atoms with Gasteiger partial charge in [0.2, 0.25) is 5.91 Å². The van der Waals surface area contributed by atoms with Gasteiger partial charge in [0, 0.05) is 12.2 Å². The first kappa shape index (κ1) is 13.0. The van der Waals surface area contributed by atoms with Gasteiger partial charge >= 0.3 is 0 Å². The lowest BCUT2D eigenvalue weighted by molar-refractivity contribution is -0.124. The molecule has 1 aromatic rings. The molecule has 1 N–H and O–H groups in total. The number of amides is 1. The van der Waals surface area contributed by atoms with E-state index in [1.165, 1.54) is 12.1 Å². The Morgan fingerprint density at radius 3 is 2.83 bits per heavy atom. The summed E-state index contributed by atoms with van der Waals surface area (Å²) in [5, 5.41) is 3.24. The first-order valence-corrected chi connectivity index (χ1v) is 6.33. The third-order valence-corrected chi connectivity index (χ3v) is 3.28. The van der Waals surface area contributed by atoms with Crippen LogP contribution >= 0.6 is 0 Å². The van der Waals surface area contributed by atoms with E-state index in [9.17, 15) is 9.18 Å². The van der Waals surface area contributed by atoms with Gasteiger partial charge in [-0.1, -0.05) is 6.07 Å². The van der Waals surface area contributed by atoms with E-state index in [0.29, 0.717) is 12.2 Å². The summed E-state index contributed by atoms with van der Waals surface area (Å²) in [7, 11) is 0. The Bertz CT molecular complexity index is 445. The molecule has 1 amide bonds. The molecule has 0 atom stereocenters. The van der Waals surface area contributed by atoms with Crippen LogP contribution in [0.3, 0.4) is 0 Å². The van der Waals surface area contributed by atoms with E-state index in [2.05, 4.69) is 5.32 Å². The quantitative estimate of drug-likeness (QED) is 0.829. The van der Waals surface area contributed by atoms with Crippen LogP contribution < -0.4 is 10.2 Å². The highest BCUT2D eigenvalue weighted by Crippen LogP contribution is 2.21. The molecule has 98 valence electrons. The van der Waals surface area contributed by atoms with Crippen LogP contribution in [0.5, 0.6) is 0 Å². The third kappa shape index (κ3) is 2.70. The summed E-state index contributed by atoms with van der Waals surface area (Å²) in [4.78, 5) is 14.1. The summed E-state index contributed by atoms with van der Waals surface area (Å²) in [6.45, 7) is 5.23. The Morgan fingerprint density at radius 2 is 2.11 bits per heavy atom. The number of halogens is 1. The molecule has 1 aliphatic rings. The Hall–Kier alpha value is -1.42. The van der Waals surface area contributed by atoms with E-state index in [0.717, 1.165) is 19.4 Å². The molecule has 18 heavy (non-hydrogen) atoms.